The van der Waals surface area contributed by atoms with E-state index in [1.807, 2.05) is 12.1 Å². The summed E-state index contributed by atoms with van der Waals surface area (Å²) in [4.78, 5) is 26.1. The monoisotopic (exact) mass is 514 g/mol. The molecule has 2 bridgehead atoms. The van der Waals surface area contributed by atoms with Crippen LogP contribution < -0.4 is 11.1 Å². The largest absolute Gasteiger partial charge is 0.460 e. The Labute approximate surface area is 221 Å². The third kappa shape index (κ3) is 4.77. The average Bonchev–Trinajstić information content (AvgIpc) is 3.25. The number of benzene rings is 1. The number of hydrogen-bond acceptors (Lipinski definition) is 7. The molecule has 5 N–H and O–H groups in total. The lowest BCUT2D eigenvalue weighted by Gasteiger charge is -2.62. The number of aliphatic hydroxyl groups is 2. The summed E-state index contributed by atoms with van der Waals surface area (Å²) in [6.07, 6.45) is 3.05. The van der Waals surface area contributed by atoms with Gasteiger partial charge in [0.2, 0.25) is 0 Å². The number of carbonyl (C=O) groups is 2. The maximum atomic E-state index is 13.7. The molecule has 3 fully saturated rings. The van der Waals surface area contributed by atoms with Crippen LogP contribution in [0.4, 0.5) is 0 Å². The Kier molecular flexibility index (Phi) is 8.20. The van der Waals surface area contributed by atoms with E-state index in [2.05, 4.69) is 45.1 Å². The molecule has 4 rings (SSSR count). The first-order chi connectivity index (χ1) is 17.6. The van der Waals surface area contributed by atoms with Gasteiger partial charge in [-0.15, -0.1) is 0 Å². The minimum absolute atomic E-state index is 0.0986. The Hall–Kier alpha value is -1.80. The lowest BCUT2D eigenvalue weighted by molar-refractivity contribution is -0.215. The van der Waals surface area contributed by atoms with E-state index in [0.717, 1.165) is 36.8 Å². The number of Topliss-reactive ketones (excluding diaryl/α,β-unsaturated/α-hetero) is 1. The van der Waals surface area contributed by atoms with Gasteiger partial charge in [-0.05, 0) is 60.0 Å². The van der Waals surface area contributed by atoms with Crippen LogP contribution in [0.15, 0.2) is 24.3 Å². The molecule has 0 heterocycles. The predicted octanol–water partition coefficient (Wildman–Crippen LogP) is 3.34. The Morgan fingerprint density at radius 1 is 1.19 bits per heavy atom. The minimum Gasteiger partial charge on any atom is -0.460 e. The topological polar surface area (TPSA) is 122 Å². The highest BCUT2D eigenvalue weighted by Crippen LogP contribution is 2.68. The van der Waals surface area contributed by atoms with Crippen LogP contribution in [0.1, 0.15) is 77.3 Å². The number of hydrogen-bond donors (Lipinski definition) is 4. The summed E-state index contributed by atoms with van der Waals surface area (Å²) in [5, 5.41) is 25.2. The number of rotatable bonds is 8. The van der Waals surface area contributed by atoms with E-state index in [-0.39, 0.29) is 29.0 Å². The van der Waals surface area contributed by atoms with Gasteiger partial charge < -0.3 is 26.0 Å². The molecule has 0 amide bonds. The first kappa shape index (κ1) is 28.2. The first-order valence-electron chi connectivity index (χ1n) is 14.1. The summed E-state index contributed by atoms with van der Waals surface area (Å²) in [6.45, 7) is 9.60. The highest BCUT2D eigenvalue weighted by Gasteiger charge is 2.69. The number of nitrogens with one attached hydrogen (secondary N) is 1. The average molecular weight is 515 g/mol. The van der Waals surface area contributed by atoms with Gasteiger partial charge in [0.05, 0.1) is 6.10 Å². The van der Waals surface area contributed by atoms with Crippen molar-refractivity contribution < 1.29 is 24.5 Å². The fraction of sp³-hybridized carbons (Fsp3) is 0.733. The van der Waals surface area contributed by atoms with Gasteiger partial charge in [-0.2, -0.15) is 0 Å². The van der Waals surface area contributed by atoms with Crippen molar-refractivity contribution in [3.63, 3.8) is 0 Å². The quantitative estimate of drug-likeness (QED) is 0.393. The molecule has 7 heteroatoms. The molecule has 1 aromatic carbocycles. The van der Waals surface area contributed by atoms with Crippen molar-refractivity contribution >= 4 is 11.8 Å². The predicted molar refractivity (Wildman–Crippen MR) is 142 cm³/mol. The van der Waals surface area contributed by atoms with Crippen molar-refractivity contribution in [3.05, 3.63) is 35.4 Å². The van der Waals surface area contributed by atoms with Crippen LogP contribution in [0.5, 0.6) is 0 Å². The van der Waals surface area contributed by atoms with Crippen molar-refractivity contribution in [1.29, 1.82) is 0 Å². The molecular weight excluding hydrogens is 468 g/mol. The van der Waals surface area contributed by atoms with Crippen molar-refractivity contribution in [2.45, 2.75) is 91.5 Å². The standard InChI is InChI=1S/C30H46N2O5/c1-5-28(3)14-24(37-25(35)18-33)29(4)19(2)10-12-30(13-11-23(34)26(29)30)22(27(28)36)17-32-16-21-8-6-20(15-31)7-9-21/h6-9,19,22,24,26-27,32-33,36H,5,10-18,31H2,1-4H3/t19-,22+,24-,26?,27+,28+,29+,30+/m1/s1. The molecule has 8 atom stereocenters. The van der Waals surface area contributed by atoms with E-state index in [1.165, 1.54) is 0 Å². The van der Waals surface area contributed by atoms with Gasteiger partial charge in [-0.1, -0.05) is 52.0 Å². The number of nitrogens with two attached hydrogens (primary N) is 1. The lowest BCUT2D eigenvalue weighted by Crippen LogP contribution is -2.65. The van der Waals surface area contributed by atoms with Gasteiger partial charge in [0.15, 0.2) is 0 Å². The van der Waals surface area contributed by atoms with Crippen molar-refractivity contribution in [1.82, 2.24) is 5.32 Å². The van der Waals surface area contributed by atoms with E-state index in [9.17, 15) is 19.8 Å². The summed E-state index contributed by atoms with van der Waals surface area (Å²) < 4.78 is 5.95. The Balaban J connectivity index is 1.72. The molecule has 1 aromatic rings. The molecule has 206 valence electrons. The summed E-state index contributed by atoms with van der Waals surface area (Å²) >= 11 is 0. The molecule has 3 aliphatic rings. The van der Waals surface area contributed by atoms with Crippen LogP contribution >= 0.6 is 0 Å². The second-order valence-electron chi connectivity index (χ2n) is 12.5. The molecule has 0 aliphatic heterocycles. The van der Waals surface area contributed by atoms with Crippen LogP contribution in [-0.4, -0.2) is 47.3 Å². The number of carbonyl (C=O) groups excluding carboxylic acids is 2. The zero-order valence-electron chi connectivity index (χ0n) is 23.0. The number of ether oxygens (including phenoxy) is 1. The number of aliphatic hydroxyl groups excluding tert-OH is 2. The van der Waals surface area contributed by atoms with E-state index >= 15 is 0 Å². The fourth-order valence-electron chi connectivity index (χ4n) is 8.13. The van der Waals surface area contributed by atoms with Crippen LogP contribution in [-0.2, 0) is 27.4 Å². The number of esters is 1. The third-order valence-electron chi connectivity index (χ3n) is 10.8. The Morgan fingerprint density at radius 3 is 2.49 bits per heavy atom. The van der Waals surface area contributed by atoms with Gasteiger partial charge >= 0.3 is 5.97 Å². The normalized spacial score (nSPS) is 39.5. The Bertz CT molecular complexity index is 983. The van der Waals surface area contributed by atoms with Crippen molar-refractivity contribution in [2.75, 3.05) is 13.2 Å². The van der Waals surface area contributed by atoms with Gasteiger partial charge in [0, 0.05) is 43.3 Å². The van der Waals surface area contributed by atoms with Gasteiger partial charge in [-0.25, -0.2) is 4.79 Å². The zero-order valence-corrected chi connectivity index (χ0v) is 23.0. The minimum atomic E-state index is -0.686. The SMILES string of the molecule is CC[C@@]1(C)C[C@@H](OC(=O)CO)[C@@]2(C)C3C(=O)CC[C@@]3(CC[C@H]2C)[C@@H](CNCc2ccc(CN)cc2)[C@@H]1O. The molecule has 3 saturated carbocycles. The second-order valence-corrected chi connectivity index (χ2v) is 12.5. The molecule has 3 aliphatic carbocycles. The molecule has 7 nitrogen and oxygen atoms in total. The zero-order chi connectivity index (χ0) is 27.0. The Morgan fingerprint density at radius 2 is 1.86 bits per heavy atom. The van der Waals surface area contributed by atoms with Gasteiger partial charge in [-0.3, -0.25) is 4.79 Å². The summed E-state index contributed by atoms with van der Waals surface area (Å²) in [7, 11) is 0. The summed E-state index contributed by atoms with van der Waals surface area (Å²) in [5.74, 6) is -0.637. The van der Waals surface area contributed by atoms with E-state index in [4.69, 9.17) is 10.5 Å². The fourth-order valence-corrected chi connectivity index (χ4v) is 8.13. The van der Waals surface area contributed by atoms with Crippen molar-refractivity contribution in [3.8, 4) is 0 Å². The summed E-state index contributed by atoms with van der Waals surface area (Å²) in [5.41, 5.74) is 6.58. The van der Waals surface area contributed by atoms with Crippen molar-refractivity contribution in [2.24, 2.45) is 39.7 Å². The smallest absolute Gasteiger partial charge is 0.332 e. The van der Waals surface area contributed by atoms with Gasteiger partial charge in [0.1, 0.15) is 18.5 Å². The summed E-state index contributed by atoms with van der Waals surface area (Å²) in [6, 6.07) is 8.25. The highest BCUT2D eigenvalue weighted by atomic mass is 16.6. The molecule has 37 heavy (non-hydrogen) atoms. The first-order valence-corrected chi connectivity index (χ1v) is 14.1. The van der Waals surface area contributed by atoms with Crippen LogP contribution in [0.25, 0.3) is 0 Å². The van der Waals surface area contributed by atoms with Gasteiger partial charge in [0.25, 0.3) is 0 Å². The molecular formula is C30H46N2O5. The van der Waals surface area contributed by atoms with Crippen LogP contribution in [0.3, 0.4) is 0 Å². The molecule has 0 spiro atoms. The van der Waals surface area contributed by atoms with E-state index in [1.54, 1.807) is 0 Å². The van der Waals surface area contributed by atoms with E-state index in [0.29, 0.717) is 32.5 Å². The maximum absolute atomic E-state index is 13.7. The molecule has 0 saturated heterocycles. The van der Waals surface area contributed by atoms with Crippen LogP contribution in [0, 0.1) is 34.0 Å². The second kappa shape index (κ2) is 10.8. The molecule has 1 unspecified atom stereocenters. The third-order valence-corrected chi connectivity index (χ3v) is 10.8. The molecule has 0 aromatic heterocycles. The number of ketones is 1. The van der Waals surface area contributed by atoms with Crippen LogP contribution in [0.2, 0.25) is 0 Å². The molecule has 0 radical (unpaired) electrons. The highest BCUT2D eigenvalue weighted by molar-refractivity contribution is 5.85. The lowest BCUT2D eigenvalue weighted by atomic mass is 9.43. The maximum Gasteiger partial charge on any atom is 0.332 e. The van der Waals surface area contributed by atoms with E-state index < -0.39 is 35.6 Å².